The Bertz CT molecular complexity index is 1220. The van der Waals surface area contributed by atoms with E-state index in [2.05, 4.69) is 5.32 Å². The summed E-state index contributed by atoms with van der Waals surface area (Å²) in [6, 6.07) is 21.6. The fourth-order valence-corrected chi connectivity index (χ4v) is 6.26. The van der Waals surface area contributed by atoms with Crippen molar-refractivity contribution in [1.29, 1.82) is 0 Å². The molecule has 0 saturated heterocycles. The van der Waals surface area contributed by atoms with E-state index in [1.54, 1.807) is 48.2 Å². The molecule has 3 aromatic carbocycles. The van der Waals surface area contributed by atoms with Crippen molar-refractivity contribution in [2.24, 2.45) is 0 Å². The van der Waals surface area contributed by atoms with E-state index < -0.39 is 10.0 Å². The second-order valence-electron chi connectivity index (χ2n) is 7.91. The monoisotopic (exact) mass is 548 g/mol. The molecule has 0 bridgehead atoms. The van der Waals surface area contributed by atoms with Gasteiger partial charge in [0.05, 0.1) is 10.6 Å². The molecule has 0 aliphatic carbocycles. The highest BCUT2D eigenvalue weighted by molar-refractivity contribution is 7.98. The van der Waals surface area contributed by atoms with Gasteiger partial charge in [0.15, 0.2) is 0 Å². The summed E-state index contributed by atoms with van der Waals surface area (Å²) < 4.78 is 28.1. The fraction of sp³-hybridized carbons (Fsp3) is 0.269. The molecule has 0 aliphatic heterocycles. The highest BCUT2D eigenvalue weighted by atomic mass is 35.5. The lowest BCUT2D eigenvalue weighted by Crippen LogP contribution is -2.41. The maximum Gasteiger partial charge on any atom is 0.264 e. The van der Waals surface area contributed by atoms with Crippen molar-refractivity contribution in [2.75, 3.05) is 29.4 Å². The van der Waals surface area contributed by atoms with Crippen molar-refractivity contribution >= 4 is 56.7 Å². The normalized spacial score (nSPS) is 11.3. The third-order valence-electron chi connectivity index (χ3n) is 5.20. The first-order valence-corrected chi connectivity index (χ1v) is 15.3. The molecule has 0 aliphatic rings. The molecule has 0 spiro atoms. The van der Waals surface area contributed by atoms with Crippen molar-refractivity contribution in [3.63, 3.8) is 0 Å². The Balaban J connectivity index is 1.59. The Morgan fingerprint density at radius 1 is 1.03 bits per heavy atom. The molecule has 3 aromatic rings. The Morgan fingerprint density at radius 3 is 2.40 bits per heavy atom. The lowest BCUT2D eigenvalue weighted by molar-refractivity contribution is -0.119. The Labute approximate surface area is 221 Å². The van der Waals surface area contributed by atoms with Crippen LogP contribution in [0.5, 0.6) is 0 Å². The highest BCUT2D eigenvalue weighted by Crippen LogP contribution is 2.26. The summed E-state index contributed by atoms with van der Waals surface area (Å²) >= 11 is 9.32. The van der Waals surface area contributed by atoms with Gasteiger partial charge in [0.2, 0.25) is 5.91 Å². The van der Waals surface area contributed by atoms with Gasteiger partial charge in [-0.3, -0.25) is 9.10 Å². The molecule has 0 atom stereocenters. The summed E-state index contributed by atoms with van der Waals surface area (Å²) in [6.07, 6.45) is 2.71. The van der Waals surface area contributed by atoms with E-state index in [-0.39, 0.29) is 17.3 Å². The van der Waals surface area contributed by atoms with Crippen molar-refractivity contribution < 1.29 is 13.2 Å². The first-order valence-electron chi connectivity index (χ1n) is 11.1. The number of hydrogen-bond acceptors (Lipinski definition) is 5. The number of benzene rings is 3. The topological polar surface area (TPSA) is 66.5 Å². The number of hydrogen-bond donors (Lipinski definition) is 1. The standard InChI is InChI=1S/C26H29ClN2O3S3/c1-20-7-9-23(10-8-20)29(35(31,32)25-13-11-24(33-2)12-14-25)18-26(30)28-15-4-16-34-19-21-5-3-6-22(27)17-21/h3,5-14,17H,4,15-16,18-19H2,1-2H3,(H,28,30). The van der Waals surface area contributed by atoms with Gasteiger partial charge in [0.1, 0.15) is 6.54 Å². The van der Waals surface area contributed by atoms with Crippen LogP contribution in [0.25, 0.3) is 0 Å². The van der Waals surface area contributed by atoms with Crippen LogP contribution in [-0.2, 0) is 20.6 Å². The van der Waals surface area contributed by atoms with Gasteiger partial charge in [0.25, 0.3) is 10.0 Å². The van der Waals surface area contributed by atoms with E-state index in [4.69, 9.17) is 11.6 Å². The number of nitrogens with zero attached hydrogens (tertiary/aromatic N) is 1. The smallest absolute Gasteiger partial charge is 0.264 e. The van der Waals surface area contributed by atoms with Gasteiger partial charge < -0.3 is 5.32 Å². The third kappa shape index (κ3) is 8.20. The average Bonchev–Trinajstić information content (AvgIpc) is 2.85. The molecule has 1 N–H and O–H groups in total. The zero-order valence-corrected chi connectivity index (χ0v) is 22.9. The van der Waals surface area contributed by atoms with E-state index in [9.17, 15) is 13.2 Å². The molecule has 0 fully saturated rings. The van der Waals surface area contributed by atoms with Crippen LogP contribution in [0.2, 0.25) is 5.02 Å². The lowest BCUT2D eigenvalue weighted by atomic mass is 10.2. The van der Waals surface area contributed by atoms with Crippen LogP contribution in [0.3, 0.4) is 0 Å². The largest absolute Gasteiger partial charge is 0.354 e. The average molecular weight is 549 g/mol. The fourth-order valence-electron chi connectivity index (χ4n) is 3.31. The number of aryl methyl sites for hydroxylation is 1. The van der Waals surface area contributed by atoms with Gasteiger partial charge >= 0.3 is 0 Å². The molecule has 3 rings (SSSR count). The number of nitrogens with one attached hydrogen (secondary N) is 1. The van der Waals surface area contributed by atoms with Crippen LogP contribution < -0.4 is 9.62 Å². The first kappa shape index (κ1) is 27.5. The molecule has 1 amide bonds. The lowest BCUT2D eigenvalue weighted by Gasteiger charge is -2.24. The third-order valence-corrected chi connectivity index (χ3v) is 9.08. The van der Waals surface area contributed by atoms with Gasteiger partial charge in [-0.2, -0.15) is 11.8 Å². The second-order valence-corrected chi connectivity index (χ2v) is 12.2. The Hall–Kier alpha value is -2.13. The molecule has 0 heterocycles. The number of carbonyl (C=O) groups is 1. The minimum Gasteiger partial charge on any atom is -0.354 e. The number of carbonyl (C=O) groups excluding carboxylic acids is 1. The predicted molar refractivity (Wildman–Crippen MR) is 149 cm³/mol. The molecule has 5 nitrogen and oxygen atoms in total. The highest BCUT2D eigenvalue weighted by Gasteiger charge is 2.27. The molecule has 9 heteroatoms. The van der Waals surface area contributed by atoms with Crippen LogP contribution in [0.4, 0.5) is 5.69 Å². The number of thioether (sulfide) groups is 2. The van der Waals surface area contributed by atoms with Crippen LogP contribution in [-0.4, -0.2) is 39.4 Å². The number of halogens is 1. The van der Waals surface area contributed by atoms with E-state index in [0.717, 1.165) is 39.0 Å². The first-order chi connectivity index (χ1) is 16.8. The predicted octanol–water partition coefficient (Wildman–Crippen LogP) is 6.01. The summed E-state index contributed by atoms with van der Waals surface area (Å²) in [7, 11) is -3.91. The van der Waals surface area contributed by atoms with Crippen molar-refractivity contribution in [1.82, 2.24) is 5.32 Å². The van der Waals surface area contributed by atoms with Gasteiger partial charge in [-0.15, -0.1) is 11.8 Å². The van der Waals surface area contributed by atoms with Crippen molar-refractivity contribution in [3.05, 3.63) is 88.9 Å². The second kappa shape index (κ2) is 13.3. The van der Waals surface area contributed by atoms with Gasteiger partial charge in [-0.1, -0.05) is 41.4 Å². The molecule has 0 aromatic heterocycles. The van der Waals surface area contributed by atoms with E-state index in [0.29, 0.717) is 12.2 Å². The number of sulfonamides is 1. The summed E-state index contributed by atoms with van der Waals surface area (Å²) in [6.45, 7) is 2.12. The maximum absolute atomic E-state index is 13.5. The molecule has 0 unspecified atom stereocenters. The zero-order chi connectivity index (χ0) is 25.3. The van der Waals surface area contributed by atoms with Gasteiger partial charge in [0, 0.05) is 22.2 Å². The van der Waals surface area contributed by atoms with E-state index in [1.165, 1.54) is 16.1 Å². The van der Waals surface area contributed by atoms with Crippen LogP contribution in [0.15, 0.2) is 82.6 Å². The minimum absolute atomic E-state index is 0.154. The number of amides is 1. The van der Waals surface area contributed by atoms with Crippen molar-refractivity contribution in [2.45, 2.75) is 28.9 Å². The molecular formula is C26H29ClN2O3S3. The summed E-state index contributed by atoms with van der Waals surface area (Å²) in [5.74, 6) is 1.38. The summed E-state index contributed by atoms with van der Waals surface area (Å²) in [5.41, 5.74) is 2.63. The van der Waals surface area contributed by atoms with Crippen LogP contribution in [0, 0.1) is 6.92 Å². The molecule has 0 saturated carbocycles. The Kier molecular flexibility index (Phi) is 10.4. The van der Waals surface area contributed by atoms with Crippen LogP contribution in [0.1, 0.15) is 17.5 Å². The quantitative estimate of drug-likeness (QED) is 0.222. The molecular weight excluding hydrogens is 520 g/mol. The Morgan fingerprint density at radius 2 is 1.74 bits per heavy atom. The number of anilines is 1. The van der Waals surface area contributed by atoms with Gasteiger partial charge in [-0.25, -0.2) is 8.42 Å². The summed E-state index contributed by atoms with van der Waals surface area (Å²) in [5, 5.41) is 3.59. The number of rotatable bonds is 12. The van der Waals surface area contributed by atoms with Crippen LogP contribution >= 0.6 is 35.1 Å². The molecule has 186 valence electrons. The maximum atomic E-state index is 13.5. The minimum atomic E-state index is -3.91. The molecule has 0 radical (unpaired) electrons. The summed E-state index contributed by atoms with van der Waals surface area (Å²) in [4.78, 5) is 13.8. The molecule has 35 heavy (non-hydrogen) atoms. The zero-order valence-electron chi connectivity index (χ0n) is 19.7. The van der Waals surface area contributed by atoms with Crippen molar-refractivity contribution in [3.8, 4) is 0 Å². The van der Waals surface area contributed by atoms with E-state index in [1.807, 2.05) is 49.6 Å². The van der Waals surface area contributed by atoms with E-state index >= 15 is 0 Å². The SMILES string of the molecule is CSc1ccc(S(=O)(=O)N(CC(=O)NCCCSCc2cccc(Cl)c2)c2ccc(C)cc2)cc1. The van der Waals surface area contributed by atoms with Gasteiger partial charge in [-0.05, 0) is 79.4 Å².